The van der Waals surface area contributed by atoms with Gasteiger partial charge in [0.05, 0.1) is 6.04 Å². The Kier molecular flexibility index (Phi) is 7.50. The smallest absolute Gasteiger partial charge is 0.239 e. The van der Waals surface area contributed by atoms with Crippen molar-refractivity contribution < 1.29 is 9.53 Å². The third kappa shape index (κ3) is 5.67. The Morgan fingerprint density at radius 1 is 0.963 bits per heavy atom. The number of carbonyl (C=O) groups excluding carboxylic acids is 1. The van der Waals surface area contributed by atoms with Crippen LogP contribution in [0, 0.1) is 0 Å². The maximum atomic E-state index is 12.8. The van der Waals surface area contributed by atoms with E-state index in [9.17, 15) is 4.79 Å². The minimum atomic E-state index is -0.0131. The van der Waals surface area contributed by atoms with Crippen LogP contribution in [0.25, 0.3) is 0 Å². The maximum Gasteiger partial charge on any atom is 0.239 e. The Morgan fingerprint density at radius 3 is 2.22 bits per heavy atom. The SMILES string of the molecule is CCN1CCN(C(=O)C(C)N2CCN(CCOc3ccccc3)CC2)CC1. The summed E-state index contributed by atoms with van der Waals surface area (Å²) >= 11 is 0. The summed E-state index contributed by atoms with van der Waals surface area (Å²) in [5.74, 6) is 1.23. The Balaban J connectivity index is 1.36. The molecular weight excluding hydrogens is 340 g/mol. The average molecular weight is 375 g/mol. The molecule has 27 heavy (non-hydrogen) atoms. The molecule has 1 amide bonds. The van der Waals surface area contributed by atoms with E-state index >= 15 is 0 Å². The van der Waals surface area contributed by atoms with Gasteiger partial charge in [-0.25, -0.2) is 0 Å². The summed E-state index contributed by atoms with van der Waals surface area (Å²) in [4.78, 5) is 22.1. The first-order chi connectivity index (χ1) is 13.2. The summed E-state index contributed by atoms with van der Waals surface area (Å²) in [6.07, 6.45) is 0. The third-order valence-corrected chi connectivity index (χ3v) is 5.86. The van der Waals surface area contributed by atoms with Gasteiger partial charge in [0.2, 0.25) is 5.91 Å². The van der Waals surface area contributed by atoms with Gasteiger partial charge in [0, 0.05) is 58.9 Å². The van der Waals surface area contributed by atoms with Gasteiger partial charge in [-0.15, -0.1) is 0 Å². The normalized spacial score (nSPS) is 21.2. The molecule has 6 heteroatoms. The van der Waals surface area contributed by atoms with Crippen LogP contribution in [0.2, 0.25) is 0 Å². The lowest BCUT2D eigenvalue weighted by molar-refractivity contribution is -0.138. The first-order valence-corrected chi connectivity index (χ1v) is 10.3. The Morgan fingerprint density at radius 2 is 1.59 bits per heavy atom. The largest absolute Gasteiger partial charge is 0.492 e. The molecule has 0 radical (unpaired) electrons. The summed E-state index contributed by atoms with van der Waals surface area (Å²) in [5.41, 5.74) is 0. The molecule has 6 nitrogen and oxygen atoms in total. The van der Waals surface area contributed by atoms with Crippen LogP contribution in [-0.2, 0) is 4.79 Å². The predicted octanol–water partition coefficient (Wildman–Crippen LogP) is 1.24. The molecule has 0 aromatic heterocycles. The highest BCUT2D eigenvalue weighted by Gasteiger charge is 2.30. The zero-order valence-corrected chi connectivity index (χ0v) is 16.8. The second-order valence-electron chi connectivity index (χ2n) is 7.47. The Labute approximate surface area is 163 Å². The van der Waals surface area contributed by atoms with Gasteiger partial charge in [0.1, 0.15) is 12.4 Å². The fourth-order valence-electron chi connectivity index (χ4n) is 3.89. The minimum absolute atomic E-state index is 0.0131. The average Bonchev–Trinajstić information content (AvgIpc) is 2.74. The standard InChI is InChI=1S/C21H34N4O2/c1-3-22-9-15-25(16-10-22)21(26)19(2)24-13-11-23(12-14-24)17-18-27-20-7-5-4-6-8-20/h4-8,19H,3,9-18H2,1-2H3. The van der Waals surface area contributed by atoms with Crippen LogP contribution in [-0.4, -0.2) is 104 Å². The van der Waals surface area contributed by atoms with Gasteiger partial charge in [-0.05, 0) is 25.6 Å². The van der Waals surface area contributed by atoms with Crippen molar-refractivity contribution >= 4 is 5.91 Å². The van der Waals surface area contributed by atoms with Crippen molar-refractivity contribution in [1.29, 1.82) is 0 Å². The van der Waals surface area contributed by atoms with Gasteiger partial charge >= 0.3 is 0 Å². The number of piperazine rings is 2. The van der Waals surface area contributed by atoms with Gasteiger partial charge in [-0.3, -0.25) is 14.6 Å². The van der Waals surface area contributed by atoms with Gasteiger partial charge in [-0.2, -0.15) is 0 Å². The molecule has 0 bridgehead atoms. The molecule has 1 atom stereocenters. The lowest BCUT2D eigenvalue weighted by Gasteiger charge is -2.40. The van der Waals surface area contributed by atoms with E-state index in [-0.39, 0.29) is 6.04 Å². The van der Waals surface area contributed by atoms with E-state index in [0.29, 0.717) is 12.5 Å². The van der Waals surface area contributed by atoms with Crippen LogP contribution in [0.4, 0.5) is 0 Å². The molecule has 1 aromatic carbocycles. The molecule has 1 aromatic rings. The molecule has 2 saturated heterocycles. The predicted molar refractivity (Wildman–Crippen MR) is 108 cm³/mol. The molecule has 3 rings (SSSR count). The van der Waals surface area contributed by atoms with Crippen molar-refractivity contribution in [3.05, 3.63) is 30.3 Å². The summed E-state index contributed by atoms with van der Waals surface area (Å²) in [6, 6.07) is 9.96. The summed E-state index contributed by atoms with van der Waals surface area (Å²) in [6.45, 7) is 14.6. The zero-order valence-electron chi connectivity index (χ0n) is 16.8. The van der Waals surface area contributed by atoms with Gasteiger partial charge in [-0.1, -0.05) is 25.1 Å². The van der Waals surface area contributed by atoms with Gasteiger partial charge < -0.3 is 14.5 Å². The molecule has 1 unspecified atom stereocenters. The molecule has 2 heterocycles. The lowest BCUT2D eigenvalue weighted by atomic mass is 10.2. The number of amides is 1. The summed E-state index contributed by atoms with van der Waals surface area (Å²) < 4.78 is 5.80. The van der Waals surface area contributed by atoms with Gasteiger partial charge in [0.25, 0.3) is 0 Å². The van der Waals surface area contributed by atoms with Crippen LogP contribution in [0.5, 0.6) is 5.75 Å². The van der Waals surface area contributed by atoms with Crippen LogP contribution in [0.3, 0.4) is 0 Å². The van der Waals surface area contributed by atoms with Crippen molar-refractivity contribution in [3.8, 4) is 5.75 Å². The number of benzene rings is 1. The van der Waals surface area contributed by atoms with E-state index in [1.54, 1.807) is 0 Å². The number of carbonyl (C=O) groups is 1. The topological polar surface area (TPSA) is 39.3 Å². The van der Waals surface area contributed by atoms with E-state index in [4.69, 9.17) is 4.74 Å². The minimum Gasteiger partial charge on any atom is -0.492 e. The monoisotopic (exact) mass is 374 g/mol. The first kappa shape index (κ1) is 20.1. The molecule has 150 valence electrons. The second-order valence-corrected chi connectivity index (χ2v) is 7.47. The Hall–Kier alpha value is -1.63. The number of likely N-dealkylation sites (N-methyl/N-ethyl adjacent to an activating group) is 1. The lowest BCUT2D eigenvalue weighted by Crippen LogP contribution is -2.57. The van der Waals surface area contributed by atoms with Crippen LogP contribution in [0.1, 0.15) is 13.8 Å². The number of para-hydroxylation sites is 1. The van der Waals surface area contributed by atoms with Crippen LogP contribution >= 0.6 is 0 Å². The molecule has 0 aliphatic carbocycles. The molecule has 0 saturated carbocycles. The number of ether oxygens (including phenoxy) is 1. The van der Waals surface area contributed by atoms with Crippen molar-refractivity contribution in [3.63, 3.8) is 0 Å². The summed E-state index contributed by atoms with van der Waals surface area (Å²) in [5, 5.41) is 0. The highest BCUT2D eigenvalue weighted by Crippen LogP contribution is 2.12. The summed E-state index contributed by atoms with van der Waals surface area (Å²) in [7, 11) is 0. The molecule has 2 aliphatic heterocycles. The third-order valence-electron chi connectivity index (χ3n) is 5.86. The molecule has 2 aliphatic rings. The molecule has 0 spiro atoms. The number of hydrogen-bond acceptors (Lipinski definition) is 5. The molecule has 2 fully saturated rings. The van der Waals surface area contributed by atoms with E-state index < -0.39 is 0 Å². The maximum absolute atomic E-state index is 12.8. The van der Waals surface area contributed by atoms with Crippen molar-refractivity contribution in [2.75, 3.05) is 72.1 Å². The number of rotatable bonds is 7. The number of hydrogen-bond donors (Lipinski definition) is 0. The van der Waals surface area contributed by atoms with Crippen LogP contribution < -0.4 is 4.74 Å². The fourth-order valence-corrected chi connectivity index (χ4v) is 3.89. The molecular formula is C21H34N4O2. The van der Waals surface area contributed by atoms with Crippen LogP contribution in [0.15, 0.2) is 30.3 Å². The van der Waals surface area contributed by atoms with E-state index in [1.165, 1.54) is 0 Å². The second kappa shape index (κ2) is 10.1. The molecule has 0 N–H and O–H groups in total. The highest BCUT2D eigenvalue weighted by molar-refractivity contribution is 5.81. The fraction of sp³-hybridized carbons (Fsp3) is 0.667. The van der Waals surface area contributed by atoms with E-state index in [1.807, 2.05) is 30.3 Å². The van der Waals surface area contributed by atoms with Crippen molar-refractivity contribution in [2.45, 2.75) is 19.9 Å². The van der Waals surface area contributed by atoms with E-state index in [0.717, 1.165) is 71.2 Å². The quantitative estimate of drug-likeness (QED) is 0.718. The van der Waals surface area contributed by atoms with Crippen molar-refractivity contribution in [1.82, 2.24) is 19.6 Å². The van der Waals surface area contributed by atoms with Crippen molar-refractivity contribution in [2.24, 2.45) is 0 Å². The first-order valence-electron chi connectivity index (χ1n) is 10.3. The Bertz CT molecular complexity index is 567. The van der Waals surface area contributed by atoms with Gasteiger partial charge in [0.15, 0.2) is 0 Å². The highest BCUT2D eigenvalue weighted by atomic mass is 16.5. The zero-order chi connectivity index (χ0) is 19.1. The van der Waals surface area contributed by atoms with E-state index in [2.05, 4.69) is 33.4 Å². The number of nitrogens with zero attached hydrogens (tertiary/aromatic N) is 4.